The van der Waals surface area contributed by atoms with Gasteiger partial charge in [0.15, 0.2) is 18.1 Å². The molecule has 1 aliphatic rings. The lowest BCUT2D eigenvalue weighted by atomic mass is 10.2. The van der Waals surface area contributed by atoms with Crippen molar-refractivity contribution in [1.29, 1.82) is 0 Å². The van der Waals surface area contributed by atoms with E-state index in [0.29, 0.717) is 63.8 Å². The third-order valence-corrected chi connectivity index (χ3v) is 6.24. The van der Waals surface area contributed by atoms with Crippen LogP contribution < -0.4 is 9.64 Å². The Morgan fingerprint density at radius 1 is 0.941 bits per heavy atom. The summed E-state index contributed by atoms with van der Waals surface area (Å²) >= 11 is 18.1. The number of ether oxygens (including phenoxy) is 2. The third kappa shape index (κ3) is 5.46. The number of fused-ring (bicyclic) bond motifs is 1. The fourth-order valence-corrected chi connectivity index (χ4v) is 3.98. The predicted octanol–water partition coefficient (Wildman–Crippen LogP) is 4.49. The van der Waals surface area contributed by atoms with Crippen LogP contribution in [-0.4, -0.2) is 66.1 Å². The first-order chi connectivity index (χ1) is 16.4. The summed E-state index contributed by atoms with van der Waals surface area (Å²) in [5.74, 6) is 0.244. The SMILES string of the molecule is CCOC(=O)c1nc2cc(Cl)c(Cl)cc2nc1N1CCN(C(=O)COc2ccc(Cl)cc2)CC1. The zero-order valence-electron chi connectivity index (χ0n) is 18.3. The molecule has 0 spiro atoms. The Morgan fingerprint density at radius 3 is 2.18 bits per heavy atom. The second-order valence-corrected chi connectivity index (χ2v) is 8.73. The second kappa shape index (κ2) is 10.6. The molecule has 2 heterocycles. The Labute approximate surface area is 211 Å². The molecule has 0 atom stereocenters. The van der Waals surface area contributed by atoms with Crippen LogP contribution in [0.2, 0.25) is 15.1 Å². The van der Waals surface area contributed by atoms with Crippen molar-refractivity contribution in [1.82, 2.24) is 14.9 Å². The number of piperazine rings is 1. The zero-order valence-corrected chi connectivity index (χ0v) is 20.5. The first kappa shape index (κ1) is 24.3. The first-order valence-electron chi connectivity index (χ1n) is 10.6. The molecule has 2 aromatic carbocycles. The number of aromatic nitrogens is 2. The van der Waals surface area contributed by atoms with E-state index in [0.717, 1.165) is 0 Å². The molecule has 0 unspecified atom stereocenters. The molecule has 8 nitrogen and oxygen atoms in total. The average molecular weight is 524 g/mol. The molecule has 0 radical (unpaired) electrons. The van der Waals surface area contributed by atoms with Crippen molar-refractivity contribution in [3.8, 4) is 5.75 Å². The van der Waals surface area contributed by atoms with Crippen LogP contribution in [0.4, 0.5) is 5.82 Å². The number of carbonyl (C=O) groups excluding carboxylic acids is 2. The predicted molar refractivity (Wildman–Crippen MR) is 131 cm³/mol. The number of nitrogens with zero attached hydrogens (tertiary/aromatic N) is 4. The number of amides is 1. The normalized spacial score (nSPS) is 13.8. The van der Waals surface area contributed by atoms with E-state index in [1.807, 2.05) is 4.90 Å². The van der Waals surface area contributed by atoms with Gasteiger partial charge in [-0.2, -0.15) is 0 Å². The summed E-state index contributed by atoms with van der Waals surface area (Å²) in [5.41, 5.74) is 1.04. The Balaban J connectivity index is 1.48. The van der Waals surface area contributed by atoms with Crippen LogP contribution in [0.15, 0.2) is 36.4 Å². The van der Waals surface area contributed by atoms with E-state index in [4.69, 9.17) is 44.3 Å². The Hall–Kier alpha value is -2.81. The topological polar surface area (TPSA) is 84.9 Å². The Kier molecular flexibility index (Phi) is 7.60. The van der Waals surface area contributed by atoms with Crippen molar-refractivity contribution in [2.75, 3.05) is 44.3 Å². The van der Waals surface area contributed by atoms with Gasteiger partial charge in [0, 0.05) is 31.2 Å². The van der Waals surface area contributed by atoms with Crippen molar-refractivity contribution in [3.63, 3.8) is 0 Å². The van der Waals surface area contributed by atoms with Gasteiger partial charge in [0.25, 0.3) is 5.91 Å². The maximum absolute atomic E-state index is 12.6. The number of hydrogen-bond acceptors (Lipinski definition) is 7. The van der Waals surface area contributed by atoms with E-state index in [1.54, 1.807) is 48.2 Å². The smallest absolute Gasteiger partial charge is 0.360 e. The molecule has 1 aromatic heterocycles. The minimum Gasteiger partial charge on any atom is -0.484 e. The second-order valence-electron chi connectivity index (χ2n) is 7.48. The van der Waals surface area contributed by atoms with Gasteiger partial charge in [0.2, 0.25) is 0 Å². The Morgan fingerprint density at radius 2 is 1.56 bits per heavy atom. The number of esters is 1. The van der Waals surface area contributed by atoms with Crippen molar-refractivity contribution >= 4 is 63.5 Å². The van der Waals surface area contributed by atoms with Gasteiger partial charge in [-0.1, -0.05) is 34.8 Å². The van der Waals surface area contributed by atoms with E-state index >= 15 is 0 Å². The molecule has 1 fully saturated rings. The fraction of sp³-hybridized carbons (Fsp3) is 0.304. The molecule has 1 saturated heterocycles. The van der Waals surface area contributed by atoms with Gasteiger partial charge in [-0.05, 0) is 43.3 Å². The molecule has 0 bridgehead atoms. The summed E-state index contributed by atoms with van der Waals surface area (Å²) in [6.45, 7) is 3.64. The van der Waals surface area contributed by atoms with Gasteiger partial charge < -0.3 is 19.3 Å². The molecule has 3 aromatic rings. The molecule has 0 aliphatic carbocycles. The summed E-state index contributed by atoms with van der Waals surface area (Å²) in [5, 5.41) is 1.26. The van der Waals surface area contributed by atoms with E-state index in [2.05, 4.69) is 9.97 Å². The van der Waals surface area contributed by atoms with Crippen LogP contribution in [-0.2, 0) is 9.53 Å². The number of benzene rings is 2. The van der Waals surface area contributed by atoms with Crippen molar-refractivity contribution < 1.29 is 19.1 Å². The lowest BCUT2D eigenvalue weighted by molar-refractivity contribution is -0.133. The zero-order chi connectivity index (χ0) is 24.2. The summed E-state index contributed by atoms with van der Waals surface area (Å²) in [6.07, 6.45) is 0. The maximum Gasteiger partial charge on any atom is 0.360 e. The van der Waals surface area contributed by atoms with Crippen LogP contribution in [0.5, 0.6) is 5.75 Å². The number of rotatable bonds is 6. The monoisotopic (exact) mass is 522 g/mol. The number of halogens is 3. The highest BCUT2D eigenvalue weighted by Crippen LogP contribution is 2.29. The summed E-state index contributed by atoms with van der Waals surface area (Å²) in [4.78, 5) is 37.9. The van der Waals surface area contributed by atoms with Crippen LogP contribution in [0.3, 0.4) is 0 Å². The number of carbonyl (C=O) groups is 2. The van der Waals surface area contributed by atoms with Gasteiger partial charge in [-0.25, -0.2) is 14.8 Å². The lowest BCUT2D eigenvalue weighted by Crippen LogP contribution is -2.50. The molecule has 4 rings (SSSR count). The minimum atomic E-state index is -0.576. The van der Waals surface area contributed by atoms with E-state index in [9.17, 15) is 9.59 Å². The quantitative estimate of drug-likeness (QED) is 0.440. The molecule has 1 amide bonds. The van der Waals surface area contributed by atoms with Crippen LogP contribution in [0, 0.1) is 0 Å². The van der Waals surface area contributed by atoms with Gasteiger partial charge in [-0.15, -0.1) is 0 Å². The number of hydrogen-bond donors (Lipinski definition) is 0. The molecular weight excluding hydrogens is 503 g/mol. The van der Waals surface area contributed by atoms with Crippen LogP contribution in [0.1, 0.15) is 17.4 Å². The third-order valence-electron chi connectivity index (χ3n) is 5.26. The molecule has 11 heteroatoms. The van der Waals surface area contributed by atoms with Gasteiger partial charge in [0.1, 0.15) is 5.75 Å². The van der Waals surface area contributed by atoms with Gasteiger partial charge >= 0.3 is 5.97 Å². The average Bonchev–Trinajstić information content (AvgIpc) is 2.84. The summed E-state index contributed by atoms with van der Waals surface area (Å²) in [7, 11) is 0. The molecule has 178 valence electrons. The van der Waals surface area contributed by atoms with Crippen molar-refractivity contribution in [3.05, 3.63) is 57.2 Å². The highest BCUT2D eigenvalue weighted by molar-refractivity contribution is 6.42. The van der Waals surface area contributed by atoms with Crippen LogP contribution in [0.25, 0.3) is 11.0 Å². The molecule has 1 aliphatic heterocycles. The highest BCUT2D eigenvalue weighted by atomic mass is 35.5. The Bertz CT molecular complexity index is 1220. The molecular formula is C23H21Cl3N4O4. The van der Waals surface area contributed by atoms with E-state index in [1.165, 1.54) is 0 Å². The number of anilines is 1. The maximum atomic E-state index is 12.6. The van der Waals surface area contributed by atoms with Crippen molar-refractivity contribution in [2.45, 2.75) is 6.92 Å². The van der Waals surface area contributed by atoms with E-state index < -0.39 is 5.97 Å². The van der Waals surface area contributed by atoms with Gasteiger partial charge in [0.05, 0.1) is 27.7 Å². The summed E-state index contributed by atoms with van der Waals surface area (Å²) in [6, 6.07) is 10.00. The first-order valence-corrected chi connectivity index (χ1v) is 11.7. The molecule has 0 saturated carbocycles. The fourth-order valence-electron chi connectivity index (χ4n) is 3.53. The van der Waals surface area contributed by atoms with Crippen molar-refractivity contribution in [2.24, 2.45) is 0 Å². The van der Waals surface area contributed by atoms with Gasteiger partial charge in [-0.3, -0.25) is 4.79 Å². The van der Waals surface area contributed by atoms with E-state index in [-0.39, 0.29) is 24.8 Å². The largest absolute Gasteiger partial charge is 0.484 e. The molecule has 0 N–H and O–H groups in total. The van der Waals surface area contributed by atoms with Crippen LogP contribution >= 0.6 is 34.8 Å². The lowest BCUT2D eigenvalue weighted by Gasteiger charge is -2.35. The standard InChI is InChI=1S/C23H21Cl3N4O4/c1-2-33-23(32)21-22(28-19-12-17(26)16(25)11-18(19)27-21)30-9-7-29(8-10-30)20(31)13-34-15-5-3-14(24)4-6-15/h3-6,11-12H,2,7-10,13H2,1H3. The molecule has 34 heavy (non-hydrogen) atoms. The summed E-state index contributed by atoms with van der Waals surface area (Å²) < 4.78 is 10.8. The minimum absolute atomic E-state index is 0.0786. The highest BCUT2D eigenvalue weighted by Gasteiger charge is 2.27.